The fourth-order valence-electron chi connectivity index (χ4n) is 3.21. The Morgan fingerprint density at radius 2 is 2.00 bits per heavy atom. The average Bonchev–Trinajstić information content (AvgIpc) is 2.89. The number of esters is 1. The molecule has 0 saturated heterocycles. The van der Waals surface area contributed by atoms with Gasteiger partial charge < -0.3 is 9.64 Å². The van der Waals surface area contributed by atoms with Crippen molar-refractivity contribution >= 4 is 17.4 Å². The van der Waals surface area contributed by atoms with E-state index in [4.69, 9.17) is 0 Å². The van der Waals surface area contributed by atoms with Crippen LogP contribution in [0.1, 0.15) is 18.9 Å². The summed E-state index contributed by atoms with van der Waals surface area (Å²) in [6.45, 7) is 1.99. The topological polar surface area (TPSA) is 46.6 Å². The van der Waals surface area contributed by atoms with E-state index in [0.717, 1.165) is 11.3 Å². The molecule has 0 radical (unpaired) electrons. The van der Waals surface area contributed by atoms with E-state index in [2.05, 4.69) is 4.74 Å². The molecule has 0 fully saturated rings. The molecule has 4 nitrogen and oxygen atoms in total. The smallest absolute Gasteiger partial charge is 0.330 e. The summed E-state index contributed by atoms with van der Waals surface area (Å²) in [6.07, 6.45) is 11.2. The lowest BCUT2D eigenvalue weighted by atomic mass is 9.87. The maximum Gasteiger partial charge on any atom is 0.330 e. The van der Waals surface area contributed by atoms with Gasteiger partial charge in [-0.2, -0.15) is 0 Å². The second kappa shape index (κ2) is 6.32. The number of hydrogen-bond acceptors (Lipinski definition) is 4. The maximum absolute atomic E-state index is 13.2. The number of benzene rings is 1. The first-order chi connectivity index (χ1) is 11.6. The molecule has 0 aromatic heterocycles. The van der Waals surface area contributed by atoms with Gasteiger partial charge in [0.05, 0.1) is 12.8 Å². The number of ketones is 1. The molecule has 4 heteroatoms. The van der Waals surface area contributed by atoms with Crippen molar-refractivity contribution in [2.45, 2.75) is 18.9 Å². The van der Waals surface area contributed by atoms with Crippen molar-refractivity contribution in [3.8, 4) is 0 Å². The zero-order valence-electron chi connectivity index (χ0n) is 13.7. The number of methoxy groups -OCH3 is 1. The zero-order valence-corrected chi connectivity index (χ0v) is 13.7. The van der Waals surface area contributed by atoms with Crippen molar-refractivity contribution in [2.24, 2.45) is 0 Å². The monoisotopic (exact) mass is 321 g/mol. The van der Waals surface area contributed by atoms with Gasteiger partial charge in [0, 0.05) is 17.8 Å². The van der Waals surface area contributed by atoms with Crippen LogP contribution in [0.15, 0.2) is 72.5 Å². The Bertz CT molecular complexity index is 786. The lowest BCUT2D eigenvalue weighted by Crippen LogP contribution is -2.45. The van der Waals surface area contributed by atoms with Crippen molar-refractivity contribution in [1.82, 2.24) is 4.90 Å². The van der Waals surface area contributed by atoms with Gasteiger partial charge in [0.25, 0.3) is 0 Å². The van der Waals surface area contributed by atoms with Crippen LogP contribution in [-0.2, 0) is 14.3 Å². The zero-order chi connectivity index (χ0) is 17.2. The molecule has 2 aliphatic heterocycles. The predicted octanol–water partition coefficient (Wildman–Crippen LogP) is 3.24. The van der Waals surface area contributed by atoms with Gasteiger partial charge in [0.15, 0.2) is 5.78 Å². The molecule has 2 aliphatic rings. The average molecular weight is 321 g/mol. The molecule has 1 unspecified atom stereocenters. The number of carbonyl (C=O) groups excluding carboxylic acids is 2. The summed E-state index contributed by atoms with van der Waals surface area (Å²) < 4.78 is 4.66. The van der Waals surface area contributed by atoms with Gasteiger partial charge in [-0.25, -0.2) is 4.79 Å². The fraction of sp³-hybridized carbons (Fsp3) is 0.200. The van der Waals surface area contributed by atoms with Crippen LogP contribution in [0.5, 0.6) is 0 Å². The summed E-state index contributed by atoms with van der Waals surface area (Å²) in [7, 11) is 1.32. The molecule has 0 saturated carbocycles. The van der Waals surface area contributed by atoms with Gasteiger partial charge in [-0.1, -0.05) is 49.4 Å². The standard InChI is InChI=1S/C20H19NO3/c1-3-20-13-7-8-14-21(20)18(15-9-5-4-6-10-15)16(19(20)23)11-12-17(22)24-2/h4-14H,3H2,1-2H3/b12-11+. The van der Waals surface area contributed by atoms with Crippen molar-refractivity contribution < 1.29 is 14.3 Å². The number of rotatable bonds is 4. The third kappa shape index (κ3) is 2.40. The van der Waals surface area contributed by atoms with Gasteiger partial charge in [-0.15, -0.1) is 0 Å². The van der Waals surface area contributed by atoms with Gasteiger partial charge >= 0.3 is 5.97 Å². The molecular weight excluding hydrogens is 302 g/mol. The highest BCUT2D eigenvalue weighted by Crippen LogP contribution is 2.44. The summed E-state index contributed by atoms with van der Waals surface area (Å²) in [4.78, 5) is 26.7. The van der Waals surface area contributed by atoms with E-state index in [1.807, 2.05) is 66.6 Å². The molecule has 2 heterocycles. The molecule has 122 valence electrons. The third-order valence-corrected chi connectivity index (χ3v) is 4.46. The highest BCUT2D eigenvalue weighted by molar-refractivity contribution is 6.16. The molecule has 0 bridgehead atoms. The van der Waals surface area contributed by atoms with Crippen LogP contribution in [0.25, 0.3) is 5.70 Å². The molecule has 24 heavy (non-hydrogen) atoms. The predicted molar refractivity (Wildman–Crippen MR) is 92.7 cm³/mol. The van der Waals surface area contributed by atoms with E-state index >= 15 is 0 Å². The Kier molecular flexibility index (Phi) is 4.21. The number of Topliss-reactive ketones (excluding diaryl/α,β-unsaturated/α-hetero) is 1. The van der Waals surface area contributed by atoms with E-state index < -0.39 is 11.5 Å². The van der Waals surface area contributed by atoms with E-state index in [0.29, 0.717) is 12.0 Å². The second-order valence-electron chi connectivity index (χ2n) is 5.66. The van der Waals surface area contributed by atoms with Crippen LogP contribution in [0.3, 0.4) is 0 Å². The molecule has 0 N–H and O–H groups in total. The number of allylic oxidation sites excluding steroid dienone is 3. The Hall–Kier alpha value is -2.88. The Balaban J connectivity index is 2.19. The van der Waals surface area contributed by atoms with Crippen molar-refractivity contribution in [1.29, 1.82) is 0 Å². The van der Waals surface area contributed by atoms with Crippen LogP contribution in [0.2, 0.25) is 0 Å². The fourth-order valence-corrected chi connectivity index (χ4v) is 3.21. The largest absolute Gasteiger partial charge is 0.466 e. The SMILES string of the molecule is CCC12C=CC=CN1C(c1ccccc1)=C(/C=C/C(=O)OC)C2=O. The summed E-state index contributed by atoms with van der Waals surface area (Å²) in [5.41, 5.74) is 1.54. The first-order valence-corrected chi connectivity index (χ1v) is 7.90. The number of nitrogens with zero attached hydrogens (tertiary/aromatic N) is 1. The van der Waals surface area contributed by atoms with E-state index in [9.17, 15) is 9.59 Å². The van der Waals surface area contributed by atoms with Gasteiger partial charge in [0.2, 0.25) is 0 Å². The lowest BCUT2D eigenvalue weighted by molar-refractivity contribution is -0.134. The molecular formula is C20H19NO3. The maximum atomic E-state index is 13.2. The minimum atomic E-state index is -0.726. The van der Waals surface area contributed by atoms with E-state index in [-0.39, 0.29) is 5.78 Å². The Morgan fingerprint density at radius 1 is 1.25 bits per heavy atom. The molecule has 0 amide bonds. The third-order valence-electron chi connectivity index (χ3n) is 4.46. The van der Waals surface area contributed by atoms with Crippen molar-refractivity contribution in [2.75, 3.05) is 7.11 Å². The molecule has 1 atom stereocenters. The van der Waals surface area contributed by atoms with E-state index in [1.54, 1.807) is 6.08 Å². The number of fused-ring (bicyclic) bond motifs is 1. The minimum Gasteiger partial charge on any atom is -0.466 e. The van der Waals surface area contributed by atoms with Crippen LogP contribution in [0.4, 0.5) is 0 Å². The van der Waals surface area contributed by atoms with Crippen molar-refractivity contribution in [3.05, 3.63) is 78.0 Å². The summed E-state index contributed by atoms with van der Waals surface area (Å²) in [5, 5.41) is 0. The van der Waals surface area contributed by atoms with E-state index in [1.165, 1.54) is 13.2 Å². The Morgan fingerprint density at radius 3 is 2.67 bits per heavy atom. The number of ether oxygens (including phenoxy) is 1. The highest BCUT2D eigenvalue weighted by atomic mass is 16.5. The molecule has 1 aromatic carbocycles. The lowest BCUT2D eigenvalue weighted by Gasteiger charge is -2.36. The van der Waals surface area contributed by atoms with Gasteiger partial charge in [-0.3, -0.25) is 4.79 Å². The normalized spacial score (nSPS) is 22.4. The number of hydrogen-bond donors (Lipinski definition) is 0. The second-order valence-corrected chi connectivity index (χ2v) is 5.66. The number of carbonyl (C=O) groups is 2. The first kappa shape index (κ1) is 16.0. The molecule has 0 aliphatic carbocycles. The summed E-state index contributed by atoms with van der Waals surface area (Å²) in [6, 6.07) is 9.73. The molecule has 1 aromatic rings. The molecule has 3 rings (SSSR count). The van der Waals surface area contributed by atoms with Crippen LogP contribution >= 0.6 is 0 Å². The van der Waals surface area contributed by atoms with Crippen LogP contribution < -0.4 is 0 Å². The van der Waals surface area contributed by atoms with Crippen LogP contribution in [0, 0.1) is 0 Å². The highest BCUT2D eigenvalue weighted by Gasteiger charge is 2.49. The van der Waals surface area contributed by atoms with Gasteiger partial charge in [-0.05, 0) is 24.1 Å². The van der Waals surface area contributed by atoms with Crippen LogP contribution in [-0.4, -0.2) is 29.3 Å². The molecule has 0 spiro atoms. The minimum absolute atomic E-state index is 0.00962. The summed E-state index contributed by atoms with van der Waals surface area (Å²) >= 11 is 0. The summed E-state index contributed by atoms with van der Waals surface area (Å²) in [5.74, 6) is -0.492. The Labute approximate surface area is 141 Å². The van der Waals surface area contributed by atoms with Crippen molar-refractivity contribution in [3.63, 3.8) is 0 Å². The quantitative estimate of drug-likeness (QED) is 0.631. The van der Waals surface area contributed by atoms with Gasteiger partial charge in [0.1, 0.15) is 5.54 Å². The first-order valence-electron chi connectivity index (χ1n) is 7.90.